The van der Waals surface area contributed by atoms with Crippen molar-refractivity contribution in [3.05, 3.63) is 18.3 Å². The van der Waals surface area contributed by atoms with Crippen molar-refractivity contribution in [1.82, 2.24) is 9.29 Å². The van der Waals surface area contributed by atoms with Crippen LogP contribution in [0.2, 0.25) is 0 Å². The second-order valence-electron chi connectivity index (χ2n) is 4.52. The lowest BCUT2D eigenvalue weighted by molar-refractivity contribution is 0.339. The second-order valence-corrected chi connectivity index (χ2v) is 6.43. The average Bonchev–Trinajstić information content (AvgIpc) is 2.40. The lowest BCUT2D eigenvalue weighted by Crippen LogP contribution is -2.35. The Morgan fingerprint density at radius 3 is 2.42 bits per heavy atom. The van der Waals surface area contributed by atoms with E-state index in [0.29, 0.717) is 19.0 Å². The highest BCUT2D eigenvalue weighted by Gasteiger charge is 2.27. The summed E-state index contributed by atoms with van der Waals surface area (Å²) in [5.41, 5.74) is 5.68. The van der Waals surface area contributed by atoms with Gasteiger partial charge in [-0.1, -0.05) is 33.6 Å². The van der Waals surface area contributed by atoms with Crippen molar-refractivity contribution in [2.45, 2.75) is 38.5 Å². The molecule has 0 aliphatic heterocycles. The lowest BCUT2D eigenvalue weighted by Gasteiger charge is -2.25. The monoisotopic (exact) mass is 285 g/mol. The van der Waals surface area contributed by atoms with Gasteiger partial charge in [-0.2, -0.15) is 4.31 Å². The molecule has 19 heavy (non-hydrogen) atoms. The van der Waals surface area contributed by atoms with E-state index in [9.17, 15) is 8.42 Å². The molecule has 0 spiro atoms. The van der Waals surface area contributed by atoms with Crippen molar-refractivity contribution in [3.8, 4) is 0 Å². The van der Waals surface area contributed by atoms with Gasteiger partial charge in [0.1, 0.15) is 10.7 Å². The smallest absolute Gasteiger partial charge is 0.246 e. The molecule has 108 valence electrons. The minimum atomic E-state index is -3.55. The number of aromatic nitrogens is 1. The molecule has 1 aromatic rings. The Bertz CT molecular complexity index is 498. The van der Waals surface area contributed by atoms with Gasteiger partial charge in [-0.05, 0) is 18.1 Å². The number of pyridine rings is 1. The molecule has 0 radical (unpaired) electrons. The van der Waals surface area contributed by atoms with Crippen LogP contribution in [-0.2, 0) is 10.0 Å². The summed E-state index contributed by atoms with van der Waals surface area (Å²) in [6.45, 7) is 6.96. The van der Waals surface area contributed by atoms with Crippen molar-refractivity contribution >= 4 is 15.8 Å². The molecule has 5 nitrogen and oxygen atoms in total. The number of anilines is 1. The van der Waals surface area contributed by atoms with E-state index in [4.69, 9.17) is 5.73 Å². The summed E-state index contributed by atoms with van der Waals surface area (Å²) in [5, 5.41) is 0. The normalized spacial score (nSPS) is 12.3. The predicted molar refractivity (Wildman–Crippen MR) is 77.2 cm³/mol. The molecule has 0 saturated heterocycles. The molecule has 1 heterocycles. The fraction of sp³-hybridized carbons (Fsp3) is 0.615. The SMILES string of the molecule is CCC(CC)CN(CC)S(=O)(=O)c1cccnc1N. The molecule has 0 aromatic carbocycles. The standard InChI is InChI=1S/C13H23N3O2S/c1-4-11(5-2)10-16(6-3)19(17,18)12-8-7-9-15-13(12)14/h7-9,11H,4-6,10H2,1-3H3,(H2,14,15). The topological polar surface area (TPSA) is 76.3 Å². The van der Waals surface area contributed by atoms with E-state index in [-0.39, 0.29) is 10.7 Å². The zero-order chi connectivity index (χ0) is 14.5. The largest absolute Gasteiger partial charge is 0.383 e. The molecule has 0 aliphatic carbocycles. The van der Waals surface area contributed by atoms with Crippen LogP contribution >= 0.6 is 0 Å². The van der Waals surface area contributed by atoms with Gasteiger partial charge in [0, 0.05) is 19.3 Å². The van der Waals surface area contributed by atoms with Gasteiger partial charge in [0.05, 0.1) is 0 Å². The van der Waals surface area contributed by atoms with Gasteiger partial charge in [0.25, 0.3) is 0 Å². The third kappa shape index (κ3) is 3.67. The molecule has 0 atom stereocenters. The summed E-state index contributed by atoms with van der Waals surface area (Å²) in [6, 6.07) is 3.10. The van der Waals surface area contributed by atoms with E-state index in [1.54, 1.807) is 6.07 Å². The Labute approximate surface area is 115 Å². The summed E-state index contributed by atoms with van der Waals surface area (Å²) >= 11 is 0. The zero-order valence-electron chi connectivity index (χ0n) is 11.8. The minimum absolute atomic E-state index is 0.0606. The number of sulfonamides is 1. The van der Waals surface area contributed by atoms with Gasteiger partial charge in [-0.15, -0.1) is 0 Å². The third-order valence-electron chi connectivity index (χ3n) is 3.39. The summed E-state index contributed by atoms with van der Waals surface area (Å²) in [4.78, 5) is 3.95. The van der Waals surface area contributed by atoms with Crippen LogP contribution in [0.5, 0.6) is 0 Å². The molecule has 0 bridgehead atoms. The molecule has 0 amide bonds. The Balaban J connectivity index is 3.06. The number of hydrogen-bond donors (Lipinski definition) is 1. The van der Waals surface area contributed by atoms with Crippen molar-refractivity contribution < 1.29 is 8.42 Å². The first-order chi connectivity index (χ1) is 8.97. The number of nitrogens with zero attached hydrogens (tertiary/aromatic N) is 2. The molecule has 0 fully saturated rings. The predicted octanol–water partition coefficient (Wildman–Crippen LogP) is 2.11. The molecule has 2 N–H and O–H groups in total. The number of rotatable bonds is 7. The third-order valence-corrected chi connectivity index (χ3v) is 5.37. The lowest BCUT2D eigenvalue weighted by atomic mass is 10.0. The zero-order valence-corrected chi connectivity index (χ0v) is 12.7. The molecule has 1 aromatic heterocycles. The summed E-state index contributed by atoms with van der Waals surface area (Å²) in [7, 11) is -3.55. The Morgan fingerprint density at radius 2 is 1.95 bits per heavy atom. The second kappa shape index (κ2) is 6.86. The number of nitrogen functional groups attached to an aromatic ring is 1. The first-order valence-corrected chi connectivity index (χ1v) is 8.11. The highest BCUT2D eigenvalue weighted by atomic mass is 32.2. The van der Waals surface area contributed by atoms with Crippen LogP contribution in [0.3, 0.4) is 0 Å². The maximum Gasteiger partial charge on any atom is 0.246 e. The molecule has 0 saturated carbocycles. The van der Waals surface area contributed by atoms with Gasteiger partial charge >= 0.3 is 0 Å². The maximum absolute atomic E-state index is 12.6. The van der Waals surface area contributed by atoms with Crippen LogP contribution in [-0.4, -0.2) is 30.8 Å². The van der Waals surface area contributed by atoms with Crippen molar-refractivity contribution in [2.24, 2.45) is 5.92 Å². The highest BCUT2D eigenvalue weighted by molar-refractivity contribution is 7.89. The average molecular weight is 285 g/mol. The molecular formula is C13H23N3O2S. The highest BCUT2D eigenvalue weighted by Crippen LogP contribution is 2.22. The molecule has 1 rings (SSSR count). The molecule has 0 aliphatic rings. The summed E-state index contributed by atoms with van der Waals surface area (Å²) in [5.74, 6) is 0.429. The summed E-state index contributed by atoms with van der Waals surface area (Å²) < 4.78 is 26.6. The number of nitrogens with two attached hydrogens (primary N) is 1. The van der Waals surface area contributed by atoms with E-state index < -0.39 is 10.0 Å². The minimum Gasteiger partial charge on any atom is -0.383 e. The van der Waals surface area contributed by atoms with E-state index in [1.807, 2.05) is 6.92 Å². The van der Waals surface area contributed by atoms with Gasteiger partial charge in [0.2, 0.25) is 10.0 Å². The first kappa shape index (κ1) is 15.9. The fourth-order valence-electron chi connectivity index (χ4n) is 1.99. The van der Waals surface area contributed by atoms with Crippen molar-refractivity contribution in [2.75, 3.05) is 18.8 Å². The molecule has 0 unspecified atom stereocenters. The van der Waals surface area contributed by atoms with E-state index >= 15 is 0 Å². The quantitative estimate of drug-likeness (QED) is 0.832. The van der Waals surface area contributed by atoms with Gasteiger partial charge in [-0.25, -0.2) is 13.4 Å². The van der Waals surface area contributed by atoms with Gasteiger partial charge in [-0.3, -0.25) is 0 Å². The fourth-order valence-corrected chi connectivity index (χ4v) is 3.58. The van der Waals surface area contributed by atoms with Crippen LogP contribution in [0.15, 0.2) is 23.2 Å². The Morgan fingerprint density at radius 1 is 1.32 bits per heavy atom. The Hall–Kier alpha value is -1.14. The van der Waals surface area contributed by atoms with Crippen LogP contribution in [0, 0.1) is 5.92 Å². The van der Waals surface area contributed by atoms with Gasteiger partial charge in [0.15, 0.2) is 0 Å². The van der Waals surface area contributed by atoms with Crippen LogP contribution in [0.4, 0.5) is 5.82 Å². The van der Waals surface area contributed by atoms with E-state index in [2.05, 4.69) is 18.8 Å². The Kier molecular flexibility index (Phi) is 5.75. The van der Waals surface area contributed by atoms with Crippen LogP contribution in [0.1, 0.15) is 33.6 Å². The van der Waals surface area contributed by atoms with Crippen molar-refractivity contribution in [3.63, 3.8) is 0 Å². The van der Waals surface area contributed by atoms with E-state index in [0.717, 1.165) is 12.8 Å². The molecular weight excluding hydrogens is 262 g/mol. The molecule has 6 heteroatoms. The van der Waals surface area contributed by atoms with Crippen LogP contribution < -0.4 is 5.73 Å². The van der Waals surface area contributed by atoms with Gasteiger partial charge < -0.3 is 5.73 Å². The van der Waals surface area contributed by atoms with Crippen molar-refractivity contribution in [1.29, 1.82) is 0 Å². The van der Waals surface area contributed by atoms with E-state index in [1.165, 1.54) is 16.6 Å². The first-order valence-electron chi connectivity index (χ1n) is 6.67. The maximum atomic E-state index is 12.6. The van der Waals surface area contributed by atoms with Crippen LogP contribution in [0.25, 0.3) is 0 Å². The number of hydrogen-bond acceptors (Lipinski definition) is 4. The summed E-state index contributed by atoms with van der Waals surface area (Å²) in [6.07, 6.45) is 3.42.